The summed E-state index contributed by atoms with van der Waals surface area (Å²) in [7, 11) is 1.57. The van der Waals surface area contributed by atoms with Gasteiger partial charge in [0, 0.05) is 35.6 Å². The first-order chi connectivity index (χ1) is 16.9. The average molecular weight is 492 g/mol. The van der Waals surface area contributed by atoms with Crippen molar-refractivity contribution >= 4 is 35.0 Å². The van der Waals surface area contributed by atoms with Gasteiger partial charge in [0.25, 0.3) is 11.8 Å². The Bertz CT molecular complexity index is 1320. The molecule has 2 N–H and O–H groups in total. The minimum Gasteiger partial charge on any atom is -0.496 e. The van der Waals surface area contributed by atoms with Crippen LogP contribution in [0.2, 0.25) is 5.02 Å². The zero-order valence-electron chi connectivity index (χ0n) is 18.8. The van der Waals surface area contributed by atoms with Crippen molar-refractivity contribution in [1.82, 2.24) is 20.2 Å². The van der Waals surface area contributed by atoms with Gasteiger partial charge in [0.1, 0.15) is 17.5 Å². The minimum absolute atomic E-state index is 0.202. The number of aromatic nitrogens is 2. The Morgan fingerprint density at radius 3 is 2.80 bits per heavy atom. The molecule has 178 valence electrons. The second kappa shape index (κ2) is 9.34. The number of amides is 3. The number of benzene rings is 2. The fourth-order valence-electron chi connectivity index (χ4n) is 4.54. The van der Waals surface area contributed by atoms with Crippen molar-refractivity contribution in [2.75, 3.05) is 19.0 Å². The van der Waals surface area contributed by atoms with Gasteiger partial charge in [0.2, 0.25) is 5.91 Å². The van der Waals surface area contributed by atoms with Gasteiger partial charge < -0.3 is 20.3 Å². The summed E-state index contributed by atoms with van der Waals surface area (Å²) in [5, 5.41) is 6.33. The van der Waals surface area contributed by atoms with E-state index in [0.717, 1.165) is 11.1 Å². The third-order valence-electron chi connectivity index (χ3n) is 6.28. The monoisotopic (exact) mass is 491 g/mol. The van der Waals surface area contributed by atoms with E-state index in [2.05, 4.69) is 20.6 Å². The number of halogens is 1. The molecule has 0 spiro atoms. The average Bonchev–Trinajstić information content (AvgIpc) is 2.98. The predicted molar refractivity (Wildman–Crippen MR) is 129 cm³/mol. The number of ether oxygens (including phenoxy) is 1. The number of rotatable bonds is 4. The highest BCUT2D eigenvalue weighted by atomic mass is 35.5. The van der Waals surface area contributed by atoms with Gasteiger partial charge >= 0.3 is 0 Å². The van der Waals surface area contributed by atoms with Crippen molar-refractivity contribution in [3.63, 3.8) is 0 Å². The lowest BCUT2D eigenvalue weighted by atomic mass is 9.95. The van der Waals surface area contributed by atoms with Crippen molar-refractivity contribution in [3.8, 4) is 16.9 Å². The van der Waals surface area contributed by atoms with Gasteiger partial charge in [-0.25, -0.2) is 4.98 Å². The van der Waals surface area contributed by atoms with Gasteiger partial charge in [0.05, 0.1) is 24.6 Å². The number of nitrogens with zero attached hydrogens (tertiary/aromatic N) is 3. The highest BCUT2D eigenvalue weighted by Gasteiger charge is 2.40. The van der Waals surface area contributed by atoms with E-state index in [1.165, 1.54) is 18.6 Å². The van der Waals surface area contributed by atoms with E-state index >= 15 is 0 Å². The minimum atomic E-state index is -0.708. The molecule has 10 heteroatoms. The van der Waals surface area contributed by atoms with E-state index < -0.39 is 6.04 Å². The maximum absolute atomic E-state index is 13.5. The SMILES string of the molecule is COc1ccc(Cl)cc1-c1ccc2c(c1)C(=O)N1CCC(NC(=O)c3cnccn3)CC1C(=O)N2. The molecule has 1 fully saturated rings. The van der Waals surface area contributed by atoms with Crippen LogP contribution >= 0.6 is 11.6 Å². The maximum atomic E-state index is 13.5. The zero-order valence-corrected chi connectivity index (χ0v) is 19.6. The van der Waals surface area contributed by atoms with Crippen LogP contribution in [-0.2, 0) is 4.79 Å². The molecule has 2 aliphatic heterocycles. The number of hydrogen-bond acceptors (Lipinski definition) is 6. The molecule has 0 saturated carbocycles. The van der Waals surface area contributed by atoms with E-state index in [1.54, 1.807) is 42.3 Å². The van der Waals surface area contributed by atoms with E-state index in [1.807, 2.05) is 6.07 Å². The second-order valence-electron chi connectivity index (χ2n) is 8.39. The maximum Gasteiger partial charge on any atom is 0.271 e. The molecule has 0 radical (unpaired) electrons. The predicted octanol–water partition coefficient (Wildman–Crippen LogP) is 3.16. The Kier molecular flexibility index (Phi) is 6.08. The largest absolute Gasteiger partial charge is 0.496 e. The summed E-state index contributed by atoms with van der Waals surface area (Å²) < 4.78 is 5.46. The summed E-state index contributed by atoms with van der Waals surface area (Å²) in [4.78, 5) is 48.6. The van der Waals surface area contributed by atoms with Crippen LogP contribution in [0.1, 0.15) is 33.7 Å². The van der Waals surface area contributed by atoms with Gasteiger partial charge in [-0.2, -0.15) is 0 Å². The molecule has 2 aliphatic rings. The Morgan fingerprint density at radius 1 is 1.17 bits per heavy atom. The van der Waals surface area contributed by atoms with Crippen LogP contribution in [0.3, 0.4) is 0 Å². The van der Waals surface area contributed by atoms with Crippen LogP contribution in [0.4, 0.5) is 5.69 Å². The lowest BCUT2D eigenvalue weighted by Crippen LogP contribution is -2.55. The van der Waals surface area contributed by atoms with E-state index in [9.17, 15) is 14.4 Å². The molecule has 3 heterocycles. The quantitative estimate of drug-likeness (QED) is 0.579. The summed E-state index contributed by atoms with van der Waals surface area (Å²) in [6.07, 6.45) is 5.13. The summed E-state index contributed by atoms with van der Waals surface area (Å²) >= 11 is 6.20. The topological polar surface area (TPSA) is 114 Å². The third kappa shape index (κ3) is 4.42. The number of carbonyl (C=O) groups is 3. The van der Waals surface area contributed by atoms with Crippen molar-refractivity contribution < 1.29 is 19.1 Å². The number of methoxy groups -OCH3 is 1. The van der Waals surface area contributed by atoms with Gasteiger partial charge in [-0.05, 0) is 48.7 Å². The Hall–Kier alpha value is -3.98. The normalized spacial score (nSPS) is 19.2. The fourth-order valence-corrected chi connectivity index (χ4v) is 4.71. The lowest BCUT2D eigenvalue weighted by molar-refractivity contribution is -0.121. The first-order valence-electron chi connectivity index (χ1n) is 11.1. The molecular formula is C25H22ClN5O4. The molecule has 2 atom stereocenters. The van der Waals surface area contributed by atoms with Crippen molar-refractivity contribution in [2.45, 2.75) is 24.9 Å². The van der Waals surface area contributed by atoms with Crippen LogP contribution in [0.15, 0.2) is 55.0 Å². The molecule has 0 bridgehead atoms. The van der Waals surface area contributed by atoms with Gasteiger partial charge in [-0.3, -0.25) is 19.4 Å². The highest BCUT2D eigenvalue weighted by Crippen LogP contribution is 2.36. The Morgan fingerprint density at radius 2 is 2.03 bits per heavy atom. The molecule has 5 rings (SSSR count). The van der Waals surface area contributed by atoms with Crippen molar-refractivity contribution in [2.24, 2.45) is 0 Å². The number of carbonyl (C=O) groups excluding carboxylic acids is 3. The van der Waals surface area contributed by atoms with E-state index in [4.69, 9.17) is 16.3 Å². The molecule has 1 aromatic heterocycles. The first kappa shape index (κ1) is 22.8. The Labute approximate surface area is 206 Å². The lowest BCUT2D eigenvalue weighted by Gasteiger charge is -2.37. The number of nitrogens with one attached hydrogen (secondary N) is 2. The first-order valence-corrected chi connectivity index (χ1v) is 11.5. The van der Waals surface area contributed by atoms with Crippen molar-refractivity contribution in [1.29, 1.82) is 0 Å². The molecule has 0 aliphatic carbocycles. The van der Waals surface area contributed by atoms with Crippen LogP contribution in [0, 0.1) is 0 Å². The molecule has 2 unspecified atom stereocenters. The molecule has 1 saturated heterocycles. The summed E-state index contributed by atoms with van der Waals surface area (Å²) in [6, 6.07) is 9.56. The fraction of sp³-hybridized carbons (Fsp3) is 0.240. The van der Waals surface area contributed by atoms with Crippen LogP contribution in [0.5, 0.6) is 5.75 Å². The number of fused-ring (bicyclic) bond motifs is 2. The second-order valence-corrected chi connectivity index (χ2v) is 8.83. The molecule has 3 amide bonds. The third-order valence-corrected chi connectivity index (χ3v) is 6.51. The summed E-state index contributed by atoms with van der Waals surface area (Å²) in [5.74, 6) is -0.272. The van der Waals surface area contributed by atoms with Crippen LogP contribution < -0.4 is 15.4 Å². The van der Waals surface area contributed by atoms with Crippen molar-refractivity contribution in [3.05, 3.63) is 71.3 Å². The van der Waals surface area contributed by atoms with E-state index in [0.29, 0.717) is 41.4 Å². The molecular weight excluding hydrogens is 470 g/mol. The highest BCUT2D eigenvalue weighted by molar-refractivity contribution is 6.31. The summed E-state index contributed by atoms with van der Waals surface area (Å²) in [6.45, 7) is 0.326. The standard InChI is InChI=1S/C25H22ClN5O4/c1-35-22-5-3-15(26)11-17(22)14-2-4-19-18(10-14)25(34)31-9-6-16(12-21(31)24(33)30-19)29-23(32)20-13-27-7-8-28-20/h2-5,7-8,10-11,13,16,21H,6,9,12H2,1H3,(H,29,32)(H,30,33). The number of anilines is 1. The zero-order chi connectivity index (χ0) is 24.5. The molecule has 3 aromatic rings. The summed E-state index contributed by atoms with van der Waals surface area (Å²) in [5.41, 5.74) is 2.53. The van der Waals surface area contributed by atoms with Gasteiger partial charge in [-0.1, -0.05) is 17.7 Å². The number of piperidine rings is 1. The number of hydrogen-bond donors (Lipinski definition) is 2. The molecule has 2 aromatic carbocycles. The Balaban J connectivity index is 1.40. The van der Waals surface area contributed by atoms with E-state index in [-0.39, 0.29) is 29.5 Å². The van der Waals surface area contributed by atoms with Crippen LogP contribution in [-0.4, -0.2) is 58.3 Å². The van der Waals surface area contributed by atoms with Gasteiger partial charge in [-0.15, -0.1) is 0 Å². The van der Waals surface area contributed by atoms with Gasteiger partial charge in [0.15, 0.2) is 0 Å². The molecule has 9 nitrogen and oxygen atoms in total. The van der Waals surface area contributed by atoms with Crippen LogP contribution in [0.25, 0.3) is 11.1 Å². The molecule has 35 heavy (non-hydrogen) atoms. The smallest absolute Gasteiger partial charge is 0.271 e.